The van der Waals surface area contributed by atoms with Gasteiger partial charge in [-0.2, -0.15) is 0 Å². The predicted octanol–water partition coefficient (Wildman–Crippen LogP) is 2.96. The molecule has 0 saturated heterocycles. The Morgan fingerprint density at radius 3 is 2.80 bits per heavy atom. The molecule has 0 bridgehead atoms. The number of rotatable bonds is 3. The van der Waals surface area contributed by atoms with Crippen molar-refractivity contribution in [3.63, 3.8) is 0 Å². The number of hydrogen-bond donors (Lipinski definition) is 1. The molecule has 0 fully saturated rings. The molecule has 1 aromatic carbocycles. The summed E-state index contributed by atoms with van der Waals surface area (Å²) in [7, 11) is 0. The lowest BCUT2D eigenvalue weighted by Gasteiger charge is -2.05. The van der Waals surface area contributed by atoms with Gasteiger partial charge >= 0.3 is 0 Å². The molecule has 15 heavy (non-hydrogen) atoms. The molecule has 0 aliphatic heterocycles. The van der Waals surface area contributed by atoms with Gasteiger partial charge in [0.1, 0.15) is 5.82 Å². The molecule has 80 valence electrons. The summed E-state index contributed by atoms with van der Waals surface area (Å²) in [5, 5.41) is 2.53. The second-order valence-corrected chi connectivity index (χ2v) is 3.71. The van der Waals surface area contributed by atoms with Crippen LogP contribution in [0.4, 0.5) is 4.39 Å². The topological polar surface area (TPSA) is 29.1 Å². The van der Waals surface area contributed by atoms with Crippen LogP contribution < -0.4 is 5.32 Å². The van der Waals surface area contributed by atoms with Gasteiger partial charge in [0.05, 0.1) is 17.1 Å². The Kier molecular flexibility index (Phi) is 4.12. The highest BCUT2D eigenvalue weighted by Crippen LogP contribution is 2.19. The first-order valence-corrected chi connectivity index (χ1v) is 4.83. The number of carbonyl (C=O) groups excluding carboxylic acids is 1. The van der Waals surface area contributed by atoms with Crippen molar-refractivity contribution in [3.8, 4) is 0 Å². The molecule has 0 spiro atoms. The molecule has 1 aromatic rings. The summed E-state index contributed by atoms with van der Waals surface area (Å²) >= 11 is 11.1. The second kappa shape index (κ2) is 5.14. The monoisotopic (exact) mass is 247 g/mol. The van der Waals surface area contributed by atoms with Gasteiger partial charge in [-0.15, -0.1) is 0 Å². The summed E-state index contributed by atoms with van der Waals surface area (Å²) in [5.41, 5.74) is 0.0783. The van der Waals surface area contributed by atoms with E-state index in [-0.39, 0.29) is 22.2 Å². The molecule has 0 unspecified atom stereocenters. The van der Waals surface area contributed by atoms with Crippen LogP contribution in [-0.4, -0.2) is 12.5 Å². The maximum atomic E-state index is 13.0. The smallest absolute Gasteiger partial charge is 0.253 e. The fourth-order valence-electron chi connectivity index (χ4n) is 0.951. The molecule has 1 rings (SSSR count). The summed E-state index contributed by atoms with van der Waals surface area (Å²) in [6.07, 6.45) is 0. The zero-order valence-corrected chi connectivity index (χ0v) is 9.20. The van der Waals surface area contributed by atoms with Crippen LogP contribution in [0.1, 0.15) is 10.4 Å². The maximum Gasteiger partial charge on any atom is 0.253 e. The van der Waals surface area contributed by atoms with Crippen molar-refractivity contribution in [2.45, 2.75) is 0 Å². The fourth-order valence-corrected chi connectivity index (χ4v) is 1.23. The number of benzene rings is 1. The lowest BCUT2D eigenvalue weighted by atomic mass is 10.2. The van der Waals surface area contributed by atoms with Crippen LogP contribution in [-0.2, 0) is 0 Å². The minimum atomic E-state index is -0.631. The summed E-state index contributed by atoms with van der Waals surface area (Å²) < 4.78 is 13.0. The van der Waals surface area contributed by atoms with Crippen molar-refractivity contribution >= 4 is 29.1 Å². The molecule has 0 saturated carbocycles. The van der Waals surface area contributed by atoms with Crippen molar-refractivity contribution in [2.75, 3.05) is 6.54 Å². The van der Waals surface area contributed by atoms with Crippen molar-refractivity contribution in [2.24, 2.45) is 0 Å². The summed E-state index contributed by atoms with van der Waals surface area (Å²) in [6.45, 7) is 3.52. The fraction of sp³-hybridized carbons (Fsp3) is 0.100. The zero-order chi connectivity index (χ0) is 11.4. The zero-order valence-electron chi connectivity index (χ0n) is 7.69. The van der Waals surface area contributed by atoms with Gasteiger partial charge in [0, 0.05) is 5.03 Å². The second-order valence-electron chi connectivity index (χ2n) is 2.80. The van der Waals surface area contributed by atoms with E-state index in [4.69, 9.17) is 23.2 Å². The molecular weight excluding hydrogens is 240 g/mol. The van der Waals surface area contributed by atoms with Crippen LogP contribution >= 0.6 is 23.2 Å². The lowest BCUT2D eigenvalue weighted by Crippen LogP contribution is -2.24. The van der Waals surface area contributed by atoms with Crippen LogP contribution in [0.2, 0.25) is 5.02 Å². The highest BCUT2D eigenvalue weighted by molar-refractivity contribution is 6.34. The molecule has 1 N–H and O–H groups in total. The highest BCUT2D eigenvalue weighted by atomic mass is 35.5. The molecule has 0 radical (unpaired) electrons. The molecule has 0 aliphatic carbocycles. The Balaban J connectivity index is 2.82. The Bertz CT molecular complexity index is 406. The average molecular weight is 248 g/mol. The van der Waals surface area contributed by atoms with E-state index < -0.39 is 11.7 Å². The minimum absolute atomic E-state index is 0.0783. The third-order valence-electron chi connectivity index (χ3n) is 1.64. The molecular formula is C10H8Cl2FNO. The normalized spacial score (nSPS) is 9.80. The van der Waals surface area contributed by atoms with E-state index in [1.807, 2.05) is 0 Å². The maximum absolute atomic E-state index is 13.0. The van der Waals surface area contributed by atoms with Crippen LogP contribution in [0.3, 0.4) is 0 Å². The third kappa shape index (κ3) is 3.22. The van der Waals surface area contributed by atoms with E-state index in [0.717, 1.165) is 0 Å². The number of hydrogen-bond acceptors (Lipinski definition) is 1. The van der Waals surface area contributed by atoms with Crippen LogP contribution in [0.15, 0.2) is 29.8 Å². The van der Waals surface area contributed by atoms with Gasteiger partial charge in [-0.3, -0.25) is 4.79 Å². The Morgan fingerprint density at radius 1 is 1.53 bits per heavy atom. The van der Waals surface area contributed by atoms with Crippen LogP contribution in [0.25, 0.3) is 0 Å². The SMILES string of the molecule is C=C(Cl)CNC(=O)c1cccc(F)c1Cl. The quantitative estimate of drug-likeness (QED) is 0.875. The first-order chi connectivity index (χ1) is 7.02. The predicted molar refractivity (Wildman–Crippen MR) is 58.7 cm³/mol. The Hall–Kier alpha value is -1.06. The van der Waals surface area contributed by atoms with Gasteiger partial charge in [0.2, 0.25) is 0 Å². The van der Waals surface area contributed by atoms with E-state index in [9.17, 15) is 9.18 Å². The van der Waals surface area contributed by atoms with Crippen molar-refractivity contribution in [1.82, 2.24) is 5.32 Å². The van der Waals surface area contributed by atoms with Gasteiger partial charge in [0.25, 0.3) is 5.91 Å². The lowest BCUT2D eigenvalue weighted by molar-refractivity contribution is 0.0957. The van der Waals surface area contributed by atoms with E-state index in [0.29, 0.717) is 0 Å². The molecule has 0 heterocycles. The molecule has 5 heteroatoms. The van der Waals surface area contributed by atoms with Gasteiger partial charge in [-0.25, -0.2) is 4.39 Å². The molecule has 0 atom stereocenters. The summed E-state index contributed by atoms with van der Waals surface area (Å²) in [4.78, 5) is 11.5. The summed E-state index contributed by atoms with van der Waals surface area (Å²) in [6, 6.07) is 4.02. The highest BCUT2D eigenvalue weighted by Gasteiger charge is 2.12. The van der Waals surface area contributed by atoms with E-state index in [1.54, 1.807) is 0 Å². The third-order valence-corrected chi connectivity index (χ3v) is 2.15. The Morgan fingerprint density at radius 2 is 2.20 bits per heavy atom. The average Bonchev–Trinajstić information content (AvgIpc) is 2.18. The number of amides is 1. The van der Waals surface area contributed by atoms with E-state index in [1.165, 1.54) is 18.2 Å². The van der Waals surface area contributed by atoms with Gasteiger partial charge in [0.15, 0.2) is 0 Å². The molecule has 0 aliphatic rings. The van der Waals surface area contributed by atoms with E-state index >= 15 is 0 Å². The van der Waals surface area contributed by atoms with E-state index in [2.05, 4.69) is 11.9 Å². The molecule has 0 aromatic heterocycles. The Labute approximate surface area is 96.7 Å². The first kappa shape index (κ1) is 12.0. The number of nitrogens with one attached hydrogen (secondary N) is 1. The van der Waals surface area contributed by atoms with Crippen molar-refractivity contribution < 1.29 is 9.18 Å². The van der Waals surface area contributed by atoms with Crippen LogP contribution in [0, 0.1) is 5.82 Å². The standard InChI is InChI=1S/C10H8Cl2FNO/c1-6(11)5-14-10(15)7-3-2-4-8(13)9(7)12/h2-4H,1,5H2,(H,14,15). The molecule has 2 nitrogen and oxygen atoms in total. The largest absolute Gasteiger partial charge is 0.347 e. The van der Waals surface area contributed by atoms with Gasteiger partial charge < -0.3 is 5.32 Å². The number of halogens is 3. The van der Waals surface area contributed by atoms with Gasteiger partial charge in [-0.05, 0) is 12.1 Å². The van der Waals surface area contributed by atoms with Gasteiger partial charge in [-0.1, -0.05) is 35.8 Å². The first-order valence-electron chi connectivity index (χ1n) is 4.08. The van der Waals surface area contributed by atoms with Crippen molar-refractivity contribution in [3.05, 3.63) is 46.2 Å². The minimum Gasteiger partial charge on any atom is -0.347 e. The number of carbonyl (C=O) groups is 1. The van der Waals surface area contributed by atoms with Crippen LogP contribution in [0.5, 0.6) is 0 Å². The van der Waals surface area contributed by atoms with Crippen molar-refractivity contribution in [1.29, 1.82) is 0 Å². The molecule has 1 amide bonds. The summed E-state index contributed by atoms with van der Waals surface area (Å²) in [5.74, 6) is -1.12.